The summed E-state index contributed by atoms with van der Waals surface area (Å²) in [6, 6.07) is 5.51. The maximum absolute atomic E-state index is 5.48. The van der Waals surface area contributed by atoms with Crippen molar-refractivity contribution in [2.75, 3.05) is 5.73 Å². The molecule has 0 unspecified atom stereocenters. The average Bonchev–Trinajstić information content (AvgIpc) is 1.59. The molecule has 2 radical (unpaired) electrons. The lowest BCUT2D eigenvalue weighted by atomic mass is 9.94. The van der Waals surface area contributed by atoms with Crippen molar-refractivity contribution in [3.63, 3.8) is 0 Å². The Morgan fingerprint density at radius 3 is 2.44 bits per heavy atom. The van der Waals surface area contributed by atoms with Crippen LogP contribution in [0, 0.1) is 6.92 Å². The third-order valence-corrected chi connectivity index (χ3v) is 1.12. The number of anilines is 1. The summed E-state index contributed by atoms with van der Waals surface area (Å²) in [5.74, 6) is 0. The topological polar surface area (TPSA) is 26.0 Å². The second-order valence-corrected chi connectivity index (χ2v) is 2.18. The fourth-order valence-electron chi connectivity index (χ4n) is 0.843. The van der Waals surface area contributed by atoms with Gasteiger partial charge < -0.3 is 5.73 Å². The fraction of sp³-hybridized carbons (Fsp3) is 0.143. The van der Waals surface area contributed by atoms with Gasteiger partial charge in [0.2, 0.25) is 0 Å². The molecule has 1 rings (SSSR count). The highest BCUT2D eigenvalue weighted by Crippen LogP contribution is 2.01. The third kappa shape index (κ3) is 1.49. The number of benzene rings is 1. The van der Waals surface area contributed by atoms with E-state index in [1.807, 2.05) is 19.1 Å². The van der Waals surface area contributed by atoms with E-state index in [9.17, 15) is 0 Å². The Labute approximate surface area is 56.3 Å². The minimum atomic E-state index is 0.729. The molecular weight excluding hydrogens is 109 g/mol. The van der Waals surface area contributed by atoms with Crippen molar-refractivity contribution in [3.05, 3.63) is 23.8 Å². The summed E-state index contributed by atoms with van der Waals surface area (Å²) in [6.45, 7) is 1.96. The first-order chi connectivity index (χ1) is 4.18. The molecule has 0 aliphatic carbocycles. The van der Waals surface area contributed by atoms with Gasteiger partial charge in [-0.1, -0.05) is 11.5 Å². The van der Waals surface area contributed by atoms with Crippen LogP contribution in [0.15, 0.2) is 18.2 Å². The van der Waals surface area contributed by atoms with E-state index < -0.39 is 0 Å². The lowest BCUT2D eigenvalue weighted by molar-refractivity contribution is 1.49. The van der Waals surface area contributed by atoms with Crippen LogP contribution in [0.2, 0.25) is 0 Å². The molecule has 0 amide bonds. The van der Waals surface area contributed by atoms with Crippen molar-refractivity contribution < 1.29 is 0 Å². The Morgan fingerprint density at radius 1 is 1.33 bits per heavy atom. The number of nitrogen functional groups attached to an aromatic ring is 1. The molecule has 44 valence electrons. The number of hydrogen-bond donors (Lipinski definition) is 1. The molecule has 0 spiro atoms. The SMILES string of the molecule is [B]c1cc(C)cc(N)c1. The number of rotatable bonds is 0. The second kappa shape index (κ2) is 2.13. The molecule has 0 bridgehead atoms. The van der Waals surface area contributed by atoms with Crippen molar-refractivity contribution in [3.8, 4) is 0 Å². The van der Waals surface area contributed by atoms with Gasteiger partial charge in [0.1, 0.15) is 7.85 Å². The number of nitrogens with two attached hydrogens (primary N) is 1. The highest BCUT2D eigenvalue weighted by molar-refractivity contribution is 6.32. The van der Waals surface area contributed by atoms with Crippen molar-refractivity contribution in [2.24, 2.45) is 0 Å². The van der Waals surface area contributed by atoms with Crippen molar-refractivity contribution in [1.29, 1.82) is 0 Å². The first-order valence-corrected chi connectivity index (χ1v) is 2.81. The Balaban J connectivity index is 3.17. The summed E-state index contributed by atoms with van der Waals surface area (Å²) in [4.78, 5) is 0. The van der Waals surface area contributed by atoms with Crippen molar-refractivity contribution in [1.82, 2.24) is 0 Å². The largest absolute Gasteiger partial charge is 0.399 e. The standard InChI is InChI=1S/C7H8BN/c1-5-2-6(8)4-7(9)3-5/h2-4H,9H2,1H3. The monoisotopic (exact) mass is 117 g/mol. The van der Waals surface area contributed by atoms with Gasteiger partial charge in [-0.2, -0.15) is 0 Å². The Kier molecular flexibility index (Phi) is 1.47. The van der Waals surface area contributed by atoms with Gasteiger partial charge in [-0.25, -0.2) is 0 Å². The summed E-state index contributed by atoms with van der Waals surface area (Å²) in [6.07, 6.45) is 0. The third-order valence-electron chi connectivity index (χ3n) is 1.12. The van der Waals surface area contributed by atoms with Crippen LogP contribution in [0.3, 0.4) is 0 Å². The van der Waals surface area contributed by atoms with Crippen LogP contribution in [0.5, 0.6) is 0 Å². The van der Waals surface area contributed by atoms with E-state index in [-0.39, 0.29) is 0 Å². The molecule has 1 aromatic rings. The van der Waals surface area contributed by atoms with Gasteiger partial charge in [0.25, 0.3) is 0 Å². The Morgan fingerprint density at radius 2 is 2.00 bits per heavy atom. The number of hydrogen-bond acceptors (Lipinski definition) is 1. The average molecular weight is 117 g/mol. The summed E-state index contributed by atoms with van der Waals surface area (Å²) < 4.78 is 0. The van der Waals surface area contributed by atoms with Gasteiger partial charge in [-0.05, 0) is 24.6 Å². The van der Waals surface area contributed by atoms with Crippen LogP contribution in [-0.4, -0.2) is 7.85 Å². The van der Waals surface area contributed by atoms with E-state index in [0.717, 1.165) is 16.7 Å². The zero-order valence-corrected chi connectivity index (χ0v) is 5.39. The van der Waals surface area contributed by atoms with Crippen molar-refractivity contribution >= 4 is 19.0 Å². The Bertz CT molecular complexity index is 170. The van der Waals surface area contributed by atoms with Crippen LogP contribution >= 0.6 is 0 Å². The van der Waals surface area contributed by atoms with Crippen LogP contribution < -0.4 is 11.2 Å². The highest BCUT2D eigenvalue weighted by atomic mass is 14.5. The van der Waals surface area contributed by atoms with Crippen molar-refractivity contribution in [2.45, 2.75) is 6.92 Å². The fourth-order valence-corrected chi connectivity index (χ4v) is 0.843. The smallest absolute Gasteiger partial charge is 0.113 e. The van der Waals surface area contributed by atoms with Gasteiger partial charge in [0, 0.05) is 5.69 Å². The molecule has 0 aliphatic rings. The quantitative estimate of drug-likeness (QED) is 0.385. The molecule has 0 saturated carbocycles. The van der Waals surface area contributed by atoms with Crippen LogP contribution in [-0.2, 0) is 0 Å². The zero-order chi connectivity index (χ0) is 6.85. The van der Waals surface area contributed by atoms with Gasteiger partial charge in [0.05, 0.1) is 0 Å². The molecule has 0 fully saturated rings. The van der Waals surface area contributed by atoms with Crippen LogP contribution in [0.4, 0.5) is 5.69 Å². The molecule has 0 saturated heterocycles. The van der Waals surface area contributed by atoms with E-state index in [1.54, 1.807) is 6.07 Å². The molecule has 2 heteroatoms. The van der Waals surface area contributed by atoms with Gasteiger partial charge in [-0.3, -0.25) is 0 Å². The second-order valence-electron chi connectivity index (χ2n) is 2.18. The van der Waals surface area contributed by atoms with Gasteiger partial charge in [0.15, 0.2) is 0 Å². The minimum absolute atomic E-state index is 0.729. The molecule has 0 heterocycles. The lowest BCUT2D eigenvalue weighted by Crippen LogP contribution is -2.03. The molecular formula is C7H8BN. The maximum Gasteiger partial charge on any atom is 0.113 e. The van der Waals surface area contributed by atoms with E-state index in [1.165, 1.54) is 0 Å². The maximum atomic E-state index is 5.48. The summed E-state index contributed by atoms with van der Waals surface area (Å²) in [5.41, 5.74) is 8.04. The van der Waals surface area contributed by atoms with Crippen LogP contribution in [0.1, 0.15) is 5.56 Å². The van der Waals surface area contributed by atoms with E-state index in [2.05, 4.69) is 0 Å². The molecule has 9 heavy (non-hydrogen) atoms. The summed E-state index contributed by atoms with van der Waals surface area (Å²) in [7, 11) is 5.48. The molecule has 0 atom stereocenters. The van der Waals surface area contributed by atoms with Gasteiger partial charge in [-0.15, -0.1) is 0 Å². The Hall–Kier alpha value is -0.915. The van der Waals surface area contributed by atoms with E-state index in [4.69, 9.17) is 13.6 Å². The molecule has 2 N–H and O–H groups in total. The summed E-state index contributed by atoms with van der Waals surface area (Å²) in [5, 5.41) is 0. The van der Waals surface area contributed by atoms with E-state index in [0.29, 0.717) is 0 Å². The van der Waals surface area contributed by atoms with Gasteiger partial charge >= 0.3 is 0 Å². The minimum Gasteiger partial charge on any atom is -0.399 e. The predicted octanol–water partition coefficient (Wildman–Crippen LogP) is 0.371. The predicted molar refractivity (Wildman–Crippen MR) is 41.0 cm³/mol. The molecule has 0 aromatic heterocycles. The number of aryl methyl sites for hydroxylation is 1. The summed E-state index contributed by atoms with van der Waals surface area (Å²) >= 11 is 0. The first-order valence-electron chi connectivity index (χ1n) is 2.81. The zero-order valence-electron chi connectivity index (χ0n) is 5.39. The first kappa shape index (κ1) is 6.21. The molecule has 0 aliphatic heterocycles. The van der Waals surface area contributed by atoms with E-state index >= 15 is 0 Å². The molecule has 1 nitrogen and oxygen atoms in total. The highest BCUT2D eigenvalue weighted by Gasteiger charge is 1.87. The lowest BCUT2D eigenvalue weighted by Gasteiger charge is -1.97. The molecule has 1 aromatic carbocycles. The van der Waals surface area contributed by atoms with Crippen LogP contribution in [0.25, 0.3) is 0 Å². The normalized spacial score (nSPS) is 9.44.